The molecule has 1 heterocycles. The number of hydrogen-bond donors (Lipinski definition) is 3. The number of aliphatic hydroxyl groups excluding tert-OH is 1. The molecule has 0 fully saturated rings. The van der Waals surface area contributed by atoms with E-state index in [1.807, 2.05) is 19.9 Å². The van der Waals surface area contributed by atoms with Crippen molar-refractivity contribution in [3.05, 3.63) is 18.5 Å². The molecule has 78 valence electrons. The van der Waals surface area contributed by atoms with Crippen molar-refractivity contribution >= 4 is 11.4 Å². The van der Waals surface area contributed by atoms with Crippen molar-refractivity contribution in [2.45, 2.75) is 19.9 Å². The maximum atomic E-state index is 8.96. The number of hydrogen-bond acceptors (Lipinski definition) is 4. The van der Waals surface area contributed by atoms with Crippen LogP contribution in [0.15, 0.2) is 18.5 Å². The molecule has 14 heavy (non-hydrogen) atoms. The van der Waals surface area contributed by atoms with Crippen molar-refractivity contribution in [1.82, 2.24) is 4.98 Å². The summed E-state index contributed by atoms with van der Waals surface area (Å²) in [6.45, 7) is 4.17. The highest BCUT2D eigenvalue weighted by Crippen LogP contribution is 2.13. The van der Waals surface area contributed by atoms with Crippen molar-refractivity contribution in [2.24, 2.45) is 5.92 Å². The third kappa shape index (κ3) is 2.88. The molecule has 0 bridgehead atoms. The fraction of sp³-hybridized carbons (Fsp3) is 0.500. The van der Waals surface area contributed by atoms with E-state index in [0.717, 1.165) is 5.69 Å². The average molecular weight is 195 g/mol. The van der Waals surface area contributed by atoms with Crippen LogP contribution in [0.4, 0.5) is 11.4 Å². The van der Waals surface area contributed by atoms with Crippen LogP contribution in [-0.4, -0.2) is 22.7 Å². The van der Waals surface area contributed by atoms with Crippen LogP contribution in [0.3, 0.4) is 0 Å². The van der Waals surface area contributed by atoms with Crippen molar-refractivity contribution in [3.63, 3.8) is 0 Å². The highest BCUT2D eigenvalue weighted by molar-refractivity contribution is 5.51. The van der Waals surface area contributed by atoms with E-state index in [1.165, 1.54) is 0 Å². The van der Waals surface area contributed by atoms with Crippen LogP contribution < -0.4 is 11.1 Å². The minimum Gasteiger partial charge on any atom is -0.397 e. The fourth-order valence-electron chi connectivity index (χ4n) is 1.10. The van der Waals surface area contributed by atoms with Gasteiger partial charge in [0.2, 0.25) is 0 Å². The maximum Gasteiger partial charge on any atom is 0.0549 e. The minimum atomic E-state index is 0.171. The molecule has 1 rings (SSSR count). The van der Waals surface area contributed by atoms with Crippen LogP contribution in [0.2, 0.25) is 0 Å². The summed E-state index contributed by atoms with van der Waals surface area (Å²) in [7, 11) is 0. The molecule has 1 aromatic rings. The van der Waals surface area contributed by atoms with Gasteiger partial charge >= 0.3 is 0 Å². The lowest BCUT2D eigenvalue weighted by atomic mass is 10.1. The largest absolute Gasteiger partial charge is 0.397 e. The number of nitrogen functional groups attached to an aromatic ring is 1. The molecule has 0 aliphatic rings. The summed E-state index contributed by atoms with van der Waals surface area (Å²) >= 11 is 0. The van der Waals surface area contributed by atoms with Gasteiger partial charge in [-0.25, -0.2) is 0 Å². The SMILES string of the molecule is CC(CO)C(C)Nc1cncc(N)c1. The van der Waals surface area contributed by atoms with E-state index in [0.29, 0.717) is 5.69 Å². The third-order valence-corrected chi connectivity index (χ3v) is 2.30. The zero-order chi connectivity index (χ0) is 10.6. The number of pyridine rings is 1. The quantitative estimate of drug-likeness (QED) is 0.672. The second-order valence-electron chi connectivity index (χ2n) is 3.60. The topological polar surface area (TPSA) is 71.2 Å². The van der Waals surface area contributed by atoms with E-state index in [1.54, 1.807) is 12.4 Å². The first-order chi connectivity index (χ1) is 6.63. The van der Waals surface area contributed by atoms with Gasteiger partial charge in [0.1, 0.15) is 0 Å². The van der Waals surface area contributed by atoms with Crippen molar-refractivity contribution in [2.75, 3.05) is 17.7 Å². The lowest BCUT2D eigenvalue weighted by molar-refractivity contribution is 0.226. The highest BCUT2D eigenvalue weighted by atomic mass is 16.3. The van der Waals surface area contributed by atoms with E-state index in [-0.39, 0.29) is 18.6 Å². The second-order valence-corrected chi connectivity index (χ2v) is 3.60. The monoisotopic (exact) mass is 195 g/mol. The van der Waals surface area contributed by atoms with Crippen LogP contribution in [0, 0.1) is 5.92 Å². The van der Waals surface area contributed by atoms with E-state index in [4.69, 9.17) is 10.8 Å². The number of nitrogens with one attached hydrogen (secondary N) is 1. The van der Waals surface area contributed by atoms with Gasteiger partial charge in [0.15, 0.2) is 0 Å². The van der Waals surface area contributed by atoms with Crippen molar-refractivity contribution in [1.29, 1.82) is 0 Å². The Morgan fingerprint density at radius 1 is 1.50 bits per heavy atom. The Bertz CT molecular complexity index is 290. The summed E-state index contributed by atoms with van der Waals surface area (Å²) in [5.41, 5.74) is 7.12. The lowest BCUT2D eigenvalue weighted by Gasteiger charge is -2.20. The maximum absolute atomic E-state index is 8.96. The first-order valence-electron chi connectivity index (χ1n) is 4.71. The number of aromatic nitrogens is 1. The van der Waals surface area contributed by atoms with Crippen LogP contribution in [0.25, 0.3) is 0 Å². The predicted molar refractivity (Wildman–Crippen MR) is 58.0 cm³/mol. The third-order valence-electron chi connectivity index (χ3n) is 2.30. The van der Waals surface area contributed by atoms with Gasteiger partial charge < -0.3 is 16.2 Å². The molecule has 0 saturated heterocycles. The molecule has 0 saturated carbocycles. The second kappa shape index (κ2) is 4.81. The van der Waals surface area contributed by atoms with Gasteiger partial charge in [-0.15, -0.1) is 0 Å². The van der Waals surface area contributed by atoms with Gasteiger partial charge in [-0.1, -0.05) is 6.92 Å². The normalized spacial score (nSPS) is 14.8. The summed E-state index contributed by atoms with van der Waals surface area (Å²) < 4.78 is 0. The molecule has 0 aliphatic heterocycles. The van der Waals surface area contributed by atoms with Crippen molar-refractivity contribution < 1.29 is 5.11 Å². The number of aliphatic hydroxyl groups is 1. The number of nitrogens with two attached hydrogens (primary N) is 1. The van der Waals surface area contributed by atoms with Gasteiger partial charge in [0.05, 0.1) is 17.6 Å². The van der Waals surface area contributed by atoms with Crippen LogP contribution in [0.5, 0.6) is 0 Å². The molecular weight excluding hydrogens is 178 g/mol. The summed E-state index contributed by atoms with van der Waals surface area (Å²) in [6, 6.07) is 2.02. The van der Waals surface area contributed by atoms with Crippen LogP contribution in [-0.2, 0) is 0 Å². The van der Waals surface area contributed by atoms with E-state index in [9.17, 15) is 0 Å². The smallest absolute Gasteiger partial charge is 0.0549 e. The zero-order valence-electron chi connectivity index (χ0n) is 8.57. The van der Waals surface area contributed by atoms with E-state index < -0.39 is 0 Å². The molecule has 4 N–H and O–H groups in total. The molecule has 0 radical (unpaired) electrons. The summed E-state index contributed by atoms with van der Waals surface area (Å²) in [6.07, 6.45) is 3.32. The van der Waals surface area contributed by atoms with Gasteiger partial charge in [0, 0.05) is 18.8 Å². The number of nitrogens with zero attached hydrogens (tertiary/aromatic N) is 1. The van der Waals surface area contributed by atoms with Gasteiger partial charge in [-0.2, -0.15) is 0 Å². The average Bonchev–Trinajstić information content (AvgIpc) is 2.16. The van der Waals surface area contributed by atoms with Gasteiger partial charge in [-0.3, -0.25) is 4.98 Å². The zero-order valence-corrected chi connectivity index (χ0v) is 8.57. The first kappa shape index (κ1) is 10.8. The Labute approximate surface area is 84.2 Å². The molecule has 0 amide bonds. The molecule has 0 aromatic carbocycles. The van der Waals surface area contributed by atoms with E-state index >= 15 is 0 Å². The van der Waals surface area contributed by atoms with Crippen LogP contribution >= 0.6 is 0 Å². The number of anilines is 2. The first-order valence-corrected chi connectivity index (χ1v) is 4.71. The number of rotatable bonds is 4. The lowest BCUT2D eigenvalue weighted by Crippen LogP contribution is -2.26. The Morgan fingerprint density at radius 3 is 2.79 bits per heavy atom. The Balaban J connectivity index is 2.60. The Kier molecular flexibility index (Phi) is 3.71. The molecule has 2 atom stereocenters. The molecule has 4 heteroatoms. The minimum absolute atomic E-state index is 0.171. The summed E-state index contributed by atoms with van der Waals surface area (Å²) in [5, 5.41) is 12.2. The van der Waals surface area contributed by atoms with E-state index in [2.05, 4.69) is 10.3 Å². The van der Waals surface area contributed by atoms with Crippen molar-refractivity contribution in [3.8, 4) is 0 Å². The Hall–Kier alpha value is -1.29. The summed E-state index contributed by atoms with van der Waals surface area (Å²) in [4.78, 5) is 3.97. The van der Waals surface area contributed by atoms with Gasteiger partial charge in [-0.05, 0) is 18.9 Å². The molecule has 0 spiro atoms. The van der Waals surface area contributed by atoms with Gasteiger partial charge in [0.25, 0.3) is 0 Å². The molecular formula is C10H17N3O. The summed E-state index contributed by atoms with van der Waals surface area (Å²) in [5.74, 6) is 0.205. The fourth-order valence-corrected chi connectivity index (χ4v) is 1.10. The van der Waals surface area contributed by atoms with Crippen LogP contribution in [0.1, 0.15) is 13.8 Å². The molecule has 0 aliphatic carbocycles. The molecule has 1 aromatic heterocycles. The predicted octanol–water partition coefficient (Wildman–Crippen LogP) is 1.09. The molecule has 4 nitrogen and oxygen atoms in total. The molecule has 2 unspecified atom stereocenters. The standard InChI is InChI=1S/C10H17N3O/c1-7(6-14)8(2)13-10-3-9(11)4-12-5-10/h3-5,7-8,13-14H,6,11H2,1-2H3. The highest BCUT2D eigenvalue weighted by Gasteiger charge is 2.10. The Morgan fingerprint density at radius 2 is 2.21 bits per heavy atom.